The molecule has 2 amide bonds. The van der Waals surface area contributed by atoms with Crippen LogP contribution in [-0.4, -0.2) is 34.8 Å². The minimum Gasteiger partial charge on any atom is -0.350 e. The molecule has 0 unspecified atom stereocenters. The zero-order valence-electron chi connectivity index (χ0n) is 12.5. The van der Waals surface area contributed by atoms with Gasteiger partial charge in [-0.1, -0.05) is 24.3 Å². The Balaban J connectivity index is 1.85. The first-order valence-electron chi connectivity index (χ1n) is 7.15. The predicted octanol–water partition coefficient (Wildman–Crippen LogP) is 1.86. The van der Waals surface area contributed by atoms with Gasteiger partial charge in [0.25, 0.3) is 5.91 Å². The minimum absolute atomic E-state index is 0.0420. The summed E-state index contributed by atoms with van der Waals surface area (Å²) in [6.07, 6.45) is 1.70. The van der Waals surface area contributed by atoms with Gasteiger partial charge >= 0.3 is 0 Å². The van der Waals surface area contributed by atoms with Crippen LogP contribution in [0.1, 0.15) is 23.0 Å². The average molecular weight is 297 g/mol. The Morgan fingerprint density at radius 2 is 1.82 bits per heavy atom. The van der Waals surface area contributed by atoms with Gasteiger partial charge in [-0.3, -0.25) is 14.6 Å². The van der Waals surface area contributed by atoms with Gasteiger partial charge in [0, 0.05) is 31.8 Å². The van der Waals surface area contributed by atoms with Gasteiger partial charge in [-0.05, 0) is 24.3 Å². The minimum atomic E-state index is -0.137. The van der Waals surface area contributed by atoms with Gasteiger partial charge in [0.05, 0.1) is 12.2 Å². The molecule has 1 aromatic carbocycles. The number of pyridine rings is 1. The first-order valence-corrected chi connectivity index (χ1v) is 7.15. The number of benzene rings is 1. The number of nitrogens with one attached hydrogen (secondary N) is 1. The molecule has 2 aromatic rings. The monoisotopic (exact) mass is 297 g/mol. The van der Waals surface area contributed by atoms with E-state index in [0.29, 0.717) is 25.2 Å². The van der Waals surface area contributed by atoms with Crippen molar-refractivity contribution in [3.05, 3.63) is 66.0 Å². The summed E-state index contributed by atoms with van der Waals surface area (Å²) < 4.78 is 0. The molecule has 2 rings (SSSR count). The third-order valence-corrected chi connectivity index (χ3v) is 3.23. The molecule has 0 saturated carbocycles. The van der Waals surface area contributed by atoms with Crippen molar-refractivity contribution in [3.63, 3.8) is 0 Å². The van der Waals surface area contributed by atoms with Crippen LogP contribution in [0.5, 0.6) is 0 Å². The highest BCUT2D eigenvalue weighted by Gasteiger charge is 2.11. The fourth-order valence-corrected chi connectivity index (χ4v) is 2.03. The summed E-state index contributed by atoms with van der Waals surface area (Å²) in [5.41, 5.74) is 1.44. The highest BCUT2D eigenvalue weighted by Crippen LogP contribution is 2.02. The Hall–Kier alpha value is -2.69. The van der Waals surface area contributed by atoms with Crippen LogP contribution in [0.15, 0.2) is 54.7 Å². The second-order valence-electron chi connectivity index (χ2n) is 4.88. The van der Waals surface area contributed by atoms with Crippen LogP contribution in [0.2, 0.25) is 0 Å². The van der Waals surface area contributed by atoms with E-state index in [1.54, 1.807) is 23.2 Å². The van der Waals surface area contributed by atoms with Crippen molar-refractivity contribution >= 4 is 11.8 Å². The number of hydrogen-bond donors (Lipinski definition) is 1. The Bertz CT molecular complexity index is 614. The van der Waals surface area contributed by atoms with Crippen LogP contribution in [-0.2, 0) is 11.3 Å². The summed E-state index contributed by atoms with van der Waals surface area (Å²) >= 11 is 0. The van der Waals surface area contributed by atoms with Gasteiger partial charge in [-0.15, -0.1) is 0 Å². The normalized spacial score (nSPS) is 10.0. The molecular weight excluding hydrogens is 278 g/mol. The van der Waals surface area contributed by atoms with Crippen LogP contribution in [0.4, 0.5) is 0 Å². The number of carbonyl (C=O) groups is 2. The highest BCUT2D eigenvalue weighted by atomic mass is 16.2. The lowest BCUT2D eigenvalue weighted by Crippen LogP contribution is -2.37. The Kier molecular flexibility index (Phi) is 5.65. The van der Waals surface area contributed by atoms with Crippen LogP contribution >= 0.6 is 0 Å². The molecule has 0 radical (unpaired) electrons. The highest BCUT2D eigenvalue weighted by molar-refractivity contribution is 5.94. The molecule has 0 saturated heterocycles. The lowest BCUT2D eigenvalue weighted by molar-refractivity contribution is -0.129. The molecule has 0 fully saturated rings. The average Bonchev–Trinajstić information content (AvgIpc) is 2.55. The maximum Gasteiger partial charge on any atom is 0.251 e. The molecule has 0 aliphatic rings. The Morgan fingerprint density at radius 3 is 2.45 bits per heavy atom. The molecule has 1 aromatic heterocycles. The summed E-state index contributed by atoms with van der Waals surface area (Å²) in [7, 11) is 0. The zero-order valence-corrected chi connectivity index (χ0v) is 12.5. The molecule has 22 heavy (non-hydrogen) atoms. The van der Waals surface area contributed by atoms with Gasteiger partial charge in [0.2, 0.25) is 5.91 Å². The zero-order chi connectivity index (χ0) is 15.8. The van der Waals surface area contributed by atoms with E-state index in [1.807, 2.05) is 36.4 Å². The van der Waals surface area contributed by atoms with Crippen molar-refractivity contribution in [1.82, 2.24) is 15.2 Å². The first kappa shape index (κ1) is 15.7. The van der Waals surface area contributed by atoms with Gasteiger partial charge in [0.15, 0.2) is 0 Å². The van der Waals surface area contributed by atoms with E-state index < -0.39 is 0 Å². The molecule has 0 bridgehead atoms. The van der Waals surface area contributed by atoms with Gasteiger partial charge in [-0.25, -0.2) is 0 Å². The molecule has 114 valence electrons. The van der Waals surface area contributed by atoms with E-state index in [0.717, 1.165) is 5.69 Å². The lowest BCUT2D eigenvalue weighted by Gasteiger charge is -2.20. The number of nitrogens with zero attached hydrogens (tertiary/aromatic N) is 2. The summed E-state index contributed by atoms with van der Waals surface area (Å²) in [4.78, 5) is 29.5. The predicted molar refractivity (Wildman–Crippen MR) is 84.1 cm³/mol. The van der Waals surface area contributed by atoms with Gasteiger partial charge < -0.3 is 10.2 Å². The second-order valence-corrected chi connectivity index (χ2v) is 4.88. The summed E-state index contributed by atoms with van der Waals surface area (Å²) in [5.74, 6) is -0.179. The number of carbonyl (C=O) groups excluding carboxylic acids is 2. The smallest absolute Gasteiger partial charge is 0.251 e. The SMILES string of the molecule is CC(=O)N(CCNC(=O)c1ccccc1)Cc1ccccn1. The molecule has 0 atom stereocenters. The van der Waals surface area contributed by atoms with Crippen molar-refractivity contribution < 1.29 is 9.59 Å². The van der Waals surface area contributed by atoms with Crippen LogP contribution in [0, 0.1) is 0 Å². The van der Waals surface area contributed by atoms with Crippen molar-refractivity contribution in [2.24, 2.45) is 0 Å². The molecule has 5 heteroatoms. The standard InChI is InChI=1S/C17H19N3O2/c1-14(21)20(13-16-9-5-6-10-18-16)12-11-19-17(22)15-7-3-2-4-8-15/h2-10H,11-13H2,1H3,(H,19,22). The molecule has 1 N–H and O–H groups in total. The number of amides is 2. The maximum atomic E-state index is 11.9. The summed E-state index contributed by atoms with van der Waals surface area (Å²) in [6, 6.07) is 14.6. The molecular formula is C17H19N3O2. The third-order valence-electron chi connectivity index (χ3n) is 3.23. The van der Waals surface area contributed by atoms with E-state index in [9.17, 15) is 9.59 Å². The van der Waals surface area contributed by atoms with Crippen molar-refractivity contribution in [1.29, 1.82) is 0 Å². The van der Waals surface area contributed by atoms with E-state index in [4.69, 9.17) is 0 Å². The molecule has 0 spiro atoms. The largest absolute Gasteiger partial charge is 0.350 e. The number of rotatable bonds is 6. The van der Waals surface area contributed by atoms with Crippen molar-refractivity contribution in [2.45, 2.75) is 13.5 Å². The number of hydrogen-bond acceptors (Lipinski definition) is 3. The second kappa shape index (κ2) is 7.93. The fraction of sp³-hybridized carbons (Fsp3) is 0.235. The Labute approximate surface area is 130 Å². The maximum absolute atomic E-state index is 11.9. The van der Waals surface area contributed by atoms with Crippen LogP contribution in [0.25, 0.3) is 0 Å². The molecule has 1 heterocycles. The van der Waals surface area contributed by atoms with E-state index >= 15 is 0 Å². The lowest BCUT2D eigenvalue weighted by atomic mass is 10.2. The van der Waals surface area contributed by atoms with Crippen molar-refractivity contribution in [3.8, 4) is 0 Å². The topological polar surface area (TPSA) is 62.3 Å². The molecule has 0 aliphatic heterocycles. The number of aromatic nitrogens is 1. The fourth-order valence-electron chi connectivity index (χ4n) is 2.03. The van der Waals surface area contributed by atoms with Crippen LogP contribution in [0.3, 0.4) is 0 Å². The summed E-state index contributed by atoms with van der Waals surface area (Å²) in [5, 5.41) is 2.82. The van der Waals surface area contributed by atoms with Gasteiger partial charge in [-0.2, -0.15) is 0 Å². The van der Waals surface area contributed by atoms with E-state index in [1.165, 1.54) is 6.92 Å². The van der Waals surface area contributed by atoms with E-state index in [2.05, 4.69) is 10.3 Å². The van der Waals surface area contributed by atoms with E-state index in [-0.39, 0.29) is 11.8 Å². The van der Waals surface area contributed by atoms with Gasteiger partial charge in [0.1, 0.15) is 0 Å². The van der Waals surface area contributed by atoms with Crippen LogP contribution < -0.4 is 5.32 Å². The Morgan fingerprint density at radius 1 is 1.09 bits per heavy atom. The van der Waals surface area contributed by atoms with Crippen molar-refractivity contribution in [2.75, 3.05) is 13.1 Å². The third kappa shape index (κ3) is 4.70. The molecule has 0 aliphatic carbocycles. The summed E-state index contributed by atoms with van der Waals surface area (Å²) in [6.45, 7) is 2.81. The molecule has 5 nitrogen and oxygen atoms in total. The first-order chi connectivity index (χ1) is 10.7. The quantitative estimate of drug-likeness (QED) is 0.885.